The third-order valence-electron chi connectivity index (χ3n) is 4.32. The fourth-order valence-electron chi connectivity index (χ4n) is 2.97. The quantitative estimate of drug-likeness (QED) is 0.899. The molecule has 1 aliphatic carbocycles. The molecule has 1 aliphatic rings. The van der Waals surface area contributed by atoms with E-state index in [1.165, 1.54) is 17.8 Å². The Labute approximate surface area is 139 Å². The summed E-state index contributed by atoms with van der Waals surface area (Å²) in [5.41, 5.74) is 0.867. The molecular weight excluding hydrogens is 312 g/mol. The average molecular weight is 334 g/mol. The summed E-state index contributed by atoms with van der Waals surface area (Å²) >= 11 is 1.36. The van der Waals surface area contributed by atoms with Gasteiger partial charge in [-0.1, -0.05) is 19.3 Å². The molecule has 0 spiro atoms. The number of rotatable bonds is 4. The Morgan fingerprint density at radius 1 is 1.43 bits per heavy atom. The summed E-state index contributed by atoms with van der Waals surface area (Å²) in [7, 11) is 1.85. The van der Waals surface area contributed by atoms with E-state index >= 15 is 0 Å². The Balaban J connectivity index is 1.69. The predicted octanol–water partition coefficient (Wildman–Crippen LogP) is 2.28. The summed E-state index contributed by atoms with van der Waals surface area (Å²) in [6.45, 7) is 2.14. The van der Waals surface area contributed by atoms with Gasteiger partial charge < -0.3 is 10.4 Å². The molecule has 3 rings (SSSR count). The summed E-state index contributed by atoms with van der Waals surface area (Å²) in [4.78, 5) is 17.5. The summed E-state index contributed by atoms with van der Waals surface area (Å²) in [6, 6.07) is 0. The van der Waals surface area contributed by atoms with Crippen LogP contribution in [0.5, 0.6) is 0 Å². The Kier molecular flexibility index (Phi) is 4.50. The fourth-order valence-corrected chi connectivity index (χ4v) is 3.93. The van der Waals surface area contributed by atoms with Crippen molar-refractivity contribution in [2.45, 2.75) is 44.6 Å². The van der Waals surface area contributed by atoms with Gasteiger partial charge >= 0.3 is 0 Å². The van der Waals surface area contributed by atoms with Crippen LogP contribution in [0.1, 0.15) is 47.5 Å². The maximum Gasteiger partial charge on any atom is 0.263 e. The zero-order valence-electron chi connectivity index (χ0n) is 13.5. The number of aryl methyl sites for hydroxylation is 2. The first kappa shape index (κ1) is 16.1. The largest absolute Gasteiger partial charge is 0.388 e. The van der Waals surface area contributed by atoms with Crippen LogP contribution < -0.4 is 5.32 Å². The van der Waals surface area contributed by atoms with Gasteiger partial charge in [-0.05, 0) is 19.8 Å². The second kappa shape index (κ2) is 6.41. The maximum atomic E-state index is 12.4. The van der Waals surface area contributed by atoms with Crippen molar-refractivity contribution < 1.29 is 9.90 Å². The molecular formula is C16H22N4O2S. The fraction of sp³-hybridized carbons (Fsp3) is 0.562. The lowest BCUT2D eigenvalue weighted by Gasteiger charge is -2.32. The minimum Gasteiger partial charge on any atom is -0.388 e. The topological polar surface area (TPSA) is 80.0 Å². The van der Waals surface area contributed by atoms with Gasteiger partial charge in [-0.25, -0.2) is 4.98 Å². The minimum absolute atomic E-state index is 0.158. The third-order valence-corrected chi connectivity index (χ3v) is 5.52. The number of carbonyl (C=O) groups excluding carboxylic acids is 1. The van der Waals surface area contributed by atoms with E-state index in [1.54, 1.807) is 10.9 Å². The molecule has 2 N–H and O–H groups in total. The van der Waals surface area contributed by atoms with E-state index < -0.39 is 5.60 Å². The second-order valence-electron chi connectivity index (χ2n) is 6.30. The number of hydrogen-bond donors (Lipinski definition) is 2. The first-order valence-corrected chi connectivity index (χ1v) is 8.75. The number of aromatic nitrogens is 3. The van der Waals surface area contributed by atoms with E-state index in [-0.39, 0.29) is 5.91 Å². The molecule has 23 heavy (non-hydrogen) atoms. The highest BCUT2D eigenvalue weighted by atomic mass is 32.1. The molecule has 0 saturated heterocycles. The highest BCUT2D eigenvalue weighted by Gasteiger charge is 2.30. The lowest BCUT2D eigenvalue weighted by atomic mass is 9.85. The molecule has 0 radical (unpaired) electrons. The van der Waals surface area contributed by atoms with Crippen LogP contribution in [0.25, 0.3) is 10.6 Å². The van der Waals surface area contributed by atoms with E-state index in [0.717, 1.165) is 36.3 Å². The first-order chi connectivity index (χ1) is 11.0. The molecule has 6 nitrogen and oxygen atoms in total. The average Bonchev–Trinajstić information content (AvgIpc) is 3.12. The smallest absolute Gasteiger partial charge is 0.263 e. The van der Waals surface area contributed by atoms with Gasteiger partial charge in [0.1, 0.15) is 9.88 Å². The highest BCUT2D eigenvalue weighted by Crippen LogP contribution is 2.29. The Bertz CT molecular complexity index is 701. The summed E-state index contributed by atoms with van der Waals surface area (Å²) in [5, 5.41) is 18.3. The lowest BCUT2D eigenvalue weighted by molar-refractivity contribution is 0.00528. The monoisotopic (exact) mass is 334 g/mol. The predicted molar refractivity (Wildman–Crippen MR) is 89.4 cm³/mol. The van der Waals surface area contributed by atoms with Gasteiger partial charge in [0, 0.05) is 25.4 Å². The number of carbonyl (C=O) groups is 1. The van der Waals surface area contributed by atoms with Gasteiger partial charge in [0.25, 0.3) is 5.91 Å². The van der Waals surface area contributed by atoms with E-state index in [4.69, 9.17) is 0 Å². The molecule has 2 aromatic heterocycles. The van der Waals surface area contributed by atoms with Gasteiger partial charge in [0.15, 0.2) is 0 Å². The molecule has 1 amide bonds. The third kappa shape index (κ3) is 3.61. The second-order valence-corrected chi connectivity index (χ2v) is 7.30. The van der Waals surface area contributed by atoms with Crippen molar-refractivity contribution in [1.29, 1.82) is 0 Å². The Morgan fingerprint density at radius 2 is 2.17 bits per heavy atom. The number of hydrogen-bond acceptors (Lipinski definition) is 5. The molecule has 1 fully saturated rings. The molecule has 124 valence electrons. The first-order valence-electron chi connectivity index (χ1n) is 7.94. The van der Waals surface area contributed by atoms with E-state index in [9.17, 15) is 9.90 Å². The zero-order chi connectivity index (χ0) is 16.4. The van der Waals surface area contributed by atoms with Gasteiger partial charge in [-0.2, -0.15) is 5.10 Å². The summed E-state index contributed by atoms with van der Waals surface area (Å²) < 4.78 is 1.71. The van der Waals surface area contributed by atoms with Crippen LogP contribution in [0.3, 0.4) is 0 Å². The van der Waals surface area contributed by atoms with Crippen LogP contribution in [0.15, 0.2) is 12.4 Å². The molecule has 1 saturated carbocycles. The van der Waals surface area contributed by atoms with Crippen LogP contribution in [-0.4, -0.2) is 37.9 Å². The number of aliphatic hydroxyl groups is 1. The summed E-state index contributed by atoms with van der Waals surface area (Å²) in [5.74, 6) is -0.158. The van der Waals surface area contributed by atoms with E-state index in [0.29, 0.717) is 17.1 Å². The molecule has 0 bridgehead atoms. The van der Waals surface area contributed by atoms with Crippen LogP contribution >= 0.6 is 11.3 Å². The molecule has 0 unspecified atom stereocenters. The molecule has 2 heterocycles. The van der Waals surface area contributed by atoms with E-state index in [2.05, 4.69) is 15.4 Å². The zero-order valence-corrected chi connectivity index (χ0v) is 14.3. The molecule has 7 heteroatoms. The van der Waals surface area contributed by atoms with Crippen molar-refractivity contribution in [3.63, 3.8) is 0 Å². The van der Waals surface area contributed by atoms with Crippen LogP contribution in [0.4, 0.5) is 0 Å². The summed E-state index contributed by atoms with van der Waals surface area (Å²) in [6.07, 6.45) is 8.36. The van der Waals surface area contributed by atoms with E-state index in [1.807, 2.05) is 20.2 Å². The van der Waals surface area contributed by atoms with Gasteiger partial charge in [0.05, 0.1) is 17.5 Å². The molecule has 0 aromatic carbocycles. The minimum atomic E-state index is -0.751. The standard InChI is InChI=1S/C16H22N4O2S/c1-11-13(23-15(19-11)12-8-18-20(2)9-12)14(21)17-10-16(22)6-4-3-5-7-16/h8-9,22H,3-7,10H2,1-2H3,(H,17,21). The maximum absolute atomic E-state index is 12.4. The number of amides is 1. The normalized spacial score (nSPS) is 17.2. The van der Waals surface area contributed by atoms with Gasteiger partial charge in [0.2, 0.25) is 0 Å². The van der Waals surface area contributed by atoms with Crippen LogP contribution in [0, 0.1) is 6.92 Å². The lowest BCUT2D eigenvalue weighted by Crippen LogP contribution is -2.44. The van der Waals surface area contributed by atoms with Gasteiger partial charge in [-0.15, -0.1) is 11.3 Å². The number of thiazole rings is 1. The van der Waals surface area contributed by atoms with Crippen molar-refractivity contribution in [2.24, 2.45) is 7.05 Å². The molecule has 0 aliphatic heterocycles. The number of nitrogens with one attached hydrogen (secondary N) is 1. The Hall–Kier alpha value is -1.73. The SMILES string of the molecule is Cc1nc(-c2cnn(C)c2)sc1C(=O)NCC1(O)CCCCC1. The van der Waals surface area contributed by atoms with Crippen molar-refractivity contribution in [1.82, 2.24) is 20.1 Å². The molecule has 0 atom stereocenters. The van der Waals surface area contributed by atoms with Crippen molar-refractivity contribution in [3.8, 4) is 10.6 Å². The Morgan fingerprint density at radius 3 is 2.83 bits per heavy atom. The van der Waals surface area contributed by atoms with Crippen molar-refractivity contribution >= 4 is 17.2 Å². The van der Waals surface area contributed by atoms with Crippen LogP contribution in [0.2, 0.25) is 0 Å². The van der Waals surface area contributed by atoms with Crippen LogP contribution in [-0.2, 0) is 7.05 Å². The van der Waals surface area contributed by atoms with Crippen molar-refractivity contribution in [2.75, 3.05) is 6.54 Å². The van der Waals surface area contributed by atoms with Crippen molar-refractivity contribution in [3.05, 3.63) is 23.0 Å². The highest BCUT2D eigenvalue weighted by molar-refractivity contribution is 7.17. The number of nitrogens with zero attached hydrogens (tertiary/aromatic N) is 3. The van der Waals surface area contributed by atoms with Gasteiger partial charge in [-0.3, -0.25) is 9.48 Å². The molecule has 2 aromatic rings.